The maximum absolute atomic E-state index is 11.0. The molecule has 0 aromatic carbocycles. The number of amidine groups is 1. The Hall–Kier alpha value is -0.230. The first-order valence-electron chi connectivity index (χ1n) is 6.59. The molecular weight excluding hydrogens is 268 g/mol. The van der Waals surface area contributed by atoms with Gasteiger partial charge in [0.15, 0.2) is 5.17 Å². The number of rotatable bonds is 7. The van der Waals surface area contributed by atoms with Crippen LogP contribution in [-0.2, 0) is 9.84 Å². The lowest BCUT2D eigenvalue weighted by Crippen LogP contribution is -2.24. The lowest BCUT2D eigenvalue weighted by molar-refractivity contribution is 0.479. The van der Waals surface area contributed by atoms with Gasteiger partial charge < -0.3 is 5.32 Å². The van der Waals surface area contributed by atoms with Crippen molar-refractivity contribution in [3.05, 3.63) is 0 Å². The summed E-state index contributed by atoms with van der Waals surface area (Å²) >= 11 is 1.82. The first-order valence-corrected chi connectivity index (χ1v) is 9.53. The van der Waals surface area contributed by atoms with Crippen molar-refractivity contribution in [2.24, 2.45) is 10.9 Å². The van der Waals surface area contributed by atoms with E-state index in [0.717, 1.165) is 17.6 Å². The summed E-state index contributed by atoms with van der Waals surface area (Å²) in [6.07, 6.45) is 4.32. The second kappa shape index (κ2) is 7.38. The van der Waals surface area contributed by atoms with Gasteiger partial charge in [0.2, 0.25) is 0 Å². The van der Waals surface area contributed by atoms with Crippen molar-refractivity contribution < 1.29 is 8.42 Å². The van der Waals surface area contributed by atoms with E-state index in [-0.39, 0.29) is 5.75 Å². The van der Waals surface area contributed by atoms with Crippen LogP contribution in [0.15, 0.2) is 4.99 Å². The van der Waals surface area contributed by atoms with E-state index in [1.54, 1.807) is 0 Å². The van der Waals surface area contributed by atoms with Gasteiger partial charge in [-0.15, -0.1) is 0 Å². The quantitative estimate of drug-likeness (QED) is 0.728. The van der Waals surface area contributed by atoms with Crippen molar-refractivity contribution in [2.75, 3.05) is 25.1 Å². The molecule has 0 saturated carbocycles. The molecule has 1 aliphatic rings. The number of aliphatic imine (C=N–C) groups is 1. The van der Waals surface area contributed by atoms with Crippen LogP contribution in [0.3, 0.4) is 0 Å². The third-order valence-electron chi connectivity index (χ3n) is 3.22. The van der Waals surface area contributed by atoms with Gasteiger partial charge in [-0.2, -0.15) is 0 Å². The average molecular weight is 292 g/mol. The Morgan fingerprint density at radius 1 is 1.44 bits per heavy atom. The third kappa shape index (κ3) is 5.61. The van der Waals surface area contributed by atoms with E-state index < -0.39 is 9.84 Å². The van der Waals surface area contributed by atoms with Crippen LogP contribution in [0.5, 0.6) is 0 Å². The fraction of sp³-hybridized carbons (Fsp3) is 0.917. The van der Waals surface area contributed by atoms with Gasteiger partial charge >= 0.3 is 0 Å². The molecule has 0 aromatic heterocycles. The molecule has 1 heterocycles. The van der Waals surface area contributed by atoms with Crippen molar-refractivity contribution in [1.29, 1.82) is 0 Å². The fourth-order valence-corrected chi connectivity index (χ4v) is 4.09. The lowest BCUT2D eigenvalue weighted by Gasteiger charge is -2.18. The summed E-state index contributed by atoms with van der Waals surface area (Å²) in [4.78, 5) is 4.49. The summed E-state index contributed by atoms with van der Waals surface area (Å²) in [5.41, 5.74) is 0. The minimum atomic E-state index is -2.84. The smallest absolute Gasteiger partial charge is 0.156 e. The number of nitrogens with zero attached hydrogens (tertiary/aromatic N) is 1. The predicted octanol–water partition coefficient (Wildman–Crippen LogP) is 1.92. The number of sulfone groups is 1. The highest BCUT2D eigenvalue weighted by Gasteiger charge is 2.25. The molecule has 4 nitrogen and oxygen atoms in total. The van der Waals surface area contributed by atoms with Crippen molar-refractivity contribution in [3.8, 4) is 0 Å². The predicted molar refractivity (Wildman–Crippen MR) is 80.1 cm³/mol. The molecule has 0 bridgehead atoms. The van der Waals surface area contributed by atoms with E-state index in [1.807, 2.05) is 11.8 Å². The van der Waals surface area contributed by atoms with Gasteiger partial charge in [0, 0.05) is 18.1 Å². The highest BCUT2D eigenvalue weighted by Crippen LogP contribution is 2.30. The van der Waals surface area contributed by atoms with Crippen LogP contribution in [0.2, 0.25) is 0 Å². The van der Waals surface area contributed by atoms with E-state index in [4.69, 9.17) is 0 Å². The standard InChI is InChI=1S/C12H24N2O2S2/c1-4-10(5-2)11-9-14-12(17-11)13-7-6-8-18(3,15)16/h10-11H,4-9H2,1-3H3,(H,13,14). The zero-order valence-corrected chi connectivity index (χ0v) is 13.1. The van der Waals surface area contributed by atoms with Crippen LogP contribution in [0.4, 0.5) is 0 Å². The molecule has 1 N–H and O–H groups in total. The minimum absolute atomic E-state index is 0.244. The Labute approximate surface area is 115 Å². The van der Waals surface area contributed by atoms with E-state index in [9.17, 15) is 8.42 Å². The van der Waals surface area contributed by atoms with Gasteiger partial charge in [0.25, 0.3) is 0 Å². The monoisotopic (exact) mass is 292 g/mol. The molecule has 1 unspecified atom stereocenters. The maximum Gasteiger partial charge on any atom is 0.156 e. The van der Waals surface area contributed by atoms with Gasteiger partial charge in [-0.3, -0.25) is 4.99 Å². The Balaban J connectivity index is 2.22. The highest BCUT2D eigenvalue weighted by atomic mass is 32.2. The number of thioether (sulfide) groups is 1. The van der Waals surface area contributed by atoms with Crippen LogP contribution in [0.1, 0.15) is 33.1 Å². The molecule has 0 radical (unpaired) electrons. The summed E-state index contributed by atoms with van der Waals surface area (Å²) in [5, 5.41) is 4.82. The van der Waals surface area contributed by atoms with Crippen LogP contribution >= 0.6 is 11.8 Å². The van der Waals surface area contributed by atoms with E-state index >= 15 is 0 Å². The molecule has 18 heavy (non-hydrogen) atoms. The molecular formula is C12H24N2O2S2. The number of hydrogen-bond donors (Lipinski definition) is 1. The second-order valence-electron chi connectivity index (χ2n) is 4.79. The van der Waals surface area contributed by atoms with E-state index in [0.29, 0.717) is 18.2 Å². The Bertz CT molecular complexity index is 376. The van der Waals surface area contributed by atoms with Crippen molar-refractivity contribution >= 4 is 26.8 Å². The molecule has 0 spiro atoms. The second-order valence-corrected chi connectivity index (χ2v) is 8.28. The van der Waals surface area contributed by atoms with Crippen LogP contribution in [-0.4, -0.2) is 43.9 Å². The summed E-state index contributed by atoms with van der Waals surface area (Å²) in [7, 11) is -2.84. The molecule has 0 amide bonds. The molecule has 0 aromatic rings. The van der Waals surface area contributed by atoms with Gasteiger partial charge in [-0.25, -0.2) is 8.42 Å². The summed E-state index contributed by atoms with van der Waals surface area (Å²) in [6, 6.07) is 0. The van der Waals surface area contributed by atoms with Crippen molar-refractivity contribution in [1.82, 2.24) is 5.32 Å². The molecule has 0 fully saturated rings. The topological polar surface area (TPSA) is 58.5 Å². The molecule has 0 saturated heterocycles. The van der Waals surface area contributed by atoms with Crippen LogP contribution in [0, 0.1) is 5.92 Å². The largest absolute Gasteiger partial charge is 0.365 e. The molecule has 1 atom stereocenters. The van der Waals surface area contributed by atoms with E-state index in [1.165, 1.54) is 19.1 Å². The van der Waals surface area contributed by atoms with E-state index in [2.05, 4.69) is 24.2 Å². The highest BCUT2D eigenvalue weighted by molar-refractivity contribution is 8.14. The minimum Gasteiger partial charge on any atom is -0.365 e. The number of hydrogen-bond acceptors (Lipinski definition) is 5. The molecule has 106 valence electrons. The maximum atomic E-state index is 11.0. The zero-order chi connectivity index (χ0) is 13.6. The SMILES string of the molecule is CCC(CC)C1CN=C(NCCCS(C)(=O)=O)S1. The Morgan fingerprint density at radius 2 is 2.11 bits per heavy atom. The summed E-state index contributed by atoms with van der Waals surface area (Å²) in [6.45, 7) is 6.04. The Morgan fingerprint density at radius 3 is 2.67 bits per heavy atom. The van der Waals surface area contributed by atoms with Gasteiger partial charge in [0.05, 0.1) is 12.3 Å². The Kier molecular flexibility index (Phi) is 6.49. The van der Waals surface area contributed by atoms with Crippen LogP contribution < -0.4 is 5.32 Å². The third-order valence-corrected chi connectivity index (χ3v) is 5.58. The van der Waals surface area contributed by atoms with Crippen molar-refractivity contribution in [3.63, 3.8) is 0 Å². The molecule has 0 aliphatic carbocycles. The summed E-state index contributed by atoms with van der Waals surface area (Å²) in [5.74, 6) is 0.975. The average Bonchev–Trinajstić information content (AvgIpc) is 2.74. The van der Waals surface area contributed by atoms with Crippen molar-refractivity contribution in [2.45, 2.75) is 38.4 Å². The molecule has 1 rings (SSSR count). The van der Waals surface area contributed by atoms with Gasteiger partial charge in [-0.05, 0) is 12.3 Å². The zero-order valence-electron chi connectivity index (χ0n) is 11.5. The molecule has 1 aliphatic heterocycles. The lowest BCUT2D eigenvalue weighted by atomic mass is 9.99. The van der Waals surface area contributed by atoms with Crippen LogP contribution in [0.25, 0.3) is 0 Å². The van der Waals surface area contributed by atoms with Gasteiger partial charge in [-0.1, -0.05) is 38.5 Å². The fourth-order valence-electron chi connectivity index (χ4n) is 2.08. The number of nitrogens with one attached hydrogen (secondary N) is 1. The first kappa shape index (κ1) is 15.8. The molecule has 6 heteroatoms. The normalized spacial score (nSPS) is 20.2. The summed E-state index contributed by atoms with van der Waals surface area (Å²) < 4.78 is 22.0. The van der Waals surface area contributed by atoms with Gasteiger partial charge in [0.1, 0.15) is 9.84 Å². The first-order chi connectivity index (χ1) is 8.46.